The summed E-state index contributed by atoms with van der Waals surface area (Å²) in [6, 6.07) is 13.2. The van der Waals surface area contributed by atoms with Crippen LogP contribution in [0.25, 0.3) is 11.1 Å². The highest BCUT2D eigenvalue weighted by Crippen LogP contribution is 2.28. The molecule has 0 saturated heterocycles. The van der Waals surface area contributed by atoms with Gasteiger partial charge in [-0.05, 0) is 71.2 Å². The summed E-state index contributed by atoms with van der Waals surface area (Å²) < 4.78 is 1.35. The molecule has 0 aliphatic heterocycles. The molecule has 16 heavy (non-hydrogen) atoms. The molecule has 2 aromatic carbocycles. The van der Waals surface area contributed by atoms with Crippen LogP contribution in [0.1, 0.15) is 16.7 Å². The molecule has 0 bridgehead atoms. The maximum atomic E-state index is 2.43. The van der Waals surface area contributed by atoms with Gasteiger partial charge in [0.2, 0.25) is 0 Å². The van der Waals surface area contributed by atoms with E-state index in [1.165, 1.54) is 31.4 Å². The standard InChI is InChI=1S/C15H15I/c1-10-7-8-13(9-12(10)3)14-6-4-5-11(2)15(14)16/h4-9H,1-3H3. The molecule has 0 aromatic heterocycles. The molecular formula is C15H15I. The summed E-state index contributed by atoms with van der Waals surface area (Å²) in [6.45, 7) is 6.48. The normalized spacial score (nSPS) is 10.5. The Morgan fingerprint density at radius 3 is 2.25 bits per heavy atom. The molecule has 0 heterocycles. The highest BCUT2D eigenvalue weighted by Gasteiger charge is 2.05. The summed E-state index contributed by atoms with van der Waals surface area (Å²) in [5, 5.41) is 0. The number of benzene rings is 2. The third kappa shape index (κ3) is 2.14. The lowest BCUT2D eigenvalue weighted by atomic mass is 9.99. The lowest BCUT2D eigenvalue weighted by molar-refractivity contribution is 1.33. The van der Waals surface area contributed by atoms with Crippen LogP contribution < -0.4 is 0 Å². The van der Waals surface area contributed by atoms with Crippen LogP contribution >= 0.6 is 22.6 Å². The first-order valence-corrected chi connectivity index (χ1v) is 6.50. The van der Waals surface area contributed by atoms with Crippen LogP contribution in [0.2, 0.25) is 0 Å². The Balaban J connectivity index is 2.59. The van der Waals surface area contributed by atoms with E-state index in [2.05, 4.69) is 79.8 Å². The van der Waals surface area contributed by atoms with Crippen LogP contribution in [-0.2, 0) is 0 Å². The lowest BCUT2D eigenvalue weighted by Crippen LogP contribution is -1.88. The van der Waals surface area contributed by atoms with Crippen LogP contribution in [-0.4, -0.2) is 0 Å². The monoisotopic (exact) mass is 322 g/mol. The van der Waals surface area contributed by atoms with Gasteiger partial charge in [0.25, 0.3) is 0 Å². The van der Waals surface area contributed by atoms with E-state index < -0.39 is 0 Å². The van der Waals surface area contributed by atoms with Crippen molar-refractivity contribution in [3.63, 3.8) is 0 Å². The molecule has 0 nitrogen and oxygen atoms in total. The van der Waals surface area contributed by atoms with Crippen LogP contribution in [0.4, 0.5) is 0 Å². The van der Waals surface area contributed by atoms with Crippen molar-refractivity contribution in [1.29, 1.82) is 0 Å². The van der Waals surface area contributed by atoms with Crippen LogP contribution in [0, 0.1) is 24.3 Å². The van der Waals surface area contributed by atoms with E-state index in [-0.39, 0.29) is 0 Å². The van der Waals surface area contributed by atoms with E-state index in [1.54, 1.807) is 0 Å². The summed E-state index contributed by atoms with van der Waals surface area (Å²) in [6.07, 6.45) is 0. The molecule has 0 fully saturated rings. The highest BCUT2D eigenvalue weighted by molar-refractivity contribution is 14.1. The largest absolute Gasteiger partial charge is 0.0613 e. The molecule has 0 atom stereocenters. The Bertz CT molecular complexity index is 527. The SMILES string of the molecule is Cc1ccc(-c2cccc(C)c2I)cc1C. The summed E-state index contributed by atoms with van der Waals surface area (Å²) in [4.78, 5) is 0. The molecule has 2 rings (SSSR count). The van der Waals surface area contributed by atoms with E-state index in [4.69, 9.17) is 0 Å². The zero-order valence-corrected chi connectivity index (χ0v) is 12.0. The van der Waals surface area contributed by atoms with Crippen molar-refractivity contribution in [2.24, 2.45) is 0 Å². The minimum atomic E-state index is 1.32. The average molecular weight is 322 g/mol. The fourth-order valence-electron chi connectivity index (χ4n) is 1.78. The zero-order valence-electron chi connectivity index (χ0n) is 9.84. The van der Waals surface area contributed by atoms with E-state index in [1.807, 2.05) is 0 Å². The van der Waals surface area contributed by atoms with E-state index in [0.717, 1.165) is 0 Å². The Labute approximate surface area is 111 Å². The van der Waals surface area contributed by atoms with Crippen molar-refractivity contribution in [3.05, 3.63) is 56.7 Å². The summed E-state index contributed by atoms with van der Waals surface area (Å²) in [7, 11) is 0. The first kappa shape index (κ1) is 11.6. The van der Waals surface area contributed by atoms with Crippen molar-refractivity contribution in [1.82, 2.24) is 0 Å². The number of hydrogen-bond acceptors (Lipinski definition) is 0. The molecule has 0 saturated carbocycles. The van der Waals surface area contributed by atoms with E-state index in [9.17, 15) is 0 Å². The first-order valence-electron chi connectivity index (χ1n) is 5.42. The number of aryl methyl sites for hydroxylation is 3. The first-order chi connectivity index (χ1) is 7.59. The van der Waals surface area contributed by atoms with Gasteiger partial charge in [0.15, 0.2) is 0 Å². The summed E-state index contributed by atoms with van der Waals surface area (Å²) >= 11 is 2.43. The van der Waals surface area contributed by atoms with Crippen molar-refractivity contribution < 1.29 is 0 Å². The third-order valence-electron chi connectivity index (χ3n) is 3.01. The zero-order chi connectivity index (χ0) is 11.7. The van der Waals surface area contributed by atoms with Crippen LogP contribution in [0.15, 0.2) is 36.4 Å². The van der Waals surface area contributed by atoms with Crippen molar-refractivity contribution >= 4 is 22.6 Å². The lowest BCUT2D eigenvalue weighted by Gasteiger charge is -2.09. The van der Waals surface area contributed by atoms with Gasteiger partial charge in [0.1, 0.15) is 0 Å². The van der Waals surface area contributed by atoms with Crippen molar-refractivity contribution in [3.8, 4) is 11.1 Å². The van der Waals surface area contributed by atoms with Crippen molar-refractivity contribution in [2.45, 2.75) is 20.8 Å². The second-order valence-corrected chi connectivity index (χ2v) is 5.31. The van der Waals surface area contributed by atoms with Crippen LogP contribution in [0.5, 0.6) is 0 Å². The molecule has 0 radical (unpaired) electrons. The molecule has 1 heteroatoms. The van der Waals surface area contributed by atoms with Gasteiger partial charge in [-0.1, -0.05) is 36.4 Å². The molecule has 2 aromatic rings. The maximum Gasteiger partial charge on any atom is 0.0237 e. The Kier molecular flexibility index (Phi) is 3.33. The molecule has 0 amide bonds. The minimum Gasteiger partial charge on any atom is -0.0613 e. The van der Waals surface area contributed by atoms with E-state index in [0.29, 0.717) is 0 Å². The second kappa shape index (κ2) is 4.58. The number of rotatable bonds is 1. The Morgan fingerprint density at radius 2 is 1.56 bits per heavy atom. The summed E-state index contributed by atoms with van der Waals surface area (Å²) in [5.74, 6) is 0. The summed E-state index contributed by atoms with van der Waals surface area (Å²) in [5.41, 5.74) is 6.71. The third-order valence-corrected chi connectivity index (χ3v) is 4.44. The number of hydrogen-bond donors (Lipinski definition) is 0. The molecular weight excluding hydrogens is 307 g/mol. The van der Waals surface area contributed by atoms with Gasteiger partial charge in [-0.25, -0.2) is 0 Å². The smallest absolute Gasteiger partial charge is 0.0237 e. The molecule has 0 unspecified atom stereocenters. The Morgan fingerprint density at radius 1 is 0.812 bits per heavy atom. The predicted molar refractivity (Wildman–Crippen MR) is 78.8 cm³/mol. The molecule has 0 spiro atoms. The number of halogens is 1. The predicted octanol–water partition coefficient (Wildman–Crippen LogP) is 4.88. The maximum absolute atomic E-state index is 2.43. The van der Waals surface area contributed by atoms with Crippen LogP contribution in [0.3, 0.4) is 0 Å². The highest BCUT2D eigenvalue weighted by atomic mass is 127. The van der Waals surface area contributed by atoms with E-state index >= 15 is 0 Å². The Hall–Kier alpha value is -0.830. The molecule has 82 valence electrons. The fourth-order valence-corrected chi connectivity index (χ4v) is 2.45. The van der Waals surface area contributed by atoms with Gasteiger partial charge in [-0.2, -0.15) is 0 Å². The van der Waals surface area contributed by atoms with Gasteiger partial charge < -0.3 is 0 Å². The van der Waals surface area contributed by atoms with Gasteiger partial charge in [-0.3, -0.25) is 0 Å². The second-order valence-electron chi connectivity index (χ2n) is 4.24. The van der Waals surface area contributed by atoms with Crippen molar-refractivity contribution in [2.75, 3.05) is 0 Å². The van der Waals surface area contributed by atoms with Gasteiger partial charge >= 0.3 is 0 Å². The topological polar surface area (TPSA) is 0 Å². The molecule has 0 aliphatic carbocycles. The molecule has 0 aliphatic rings. The average Bonchev–Trinajstić information content (AvgIpc) is 2.26. The fraction of sp³-hybridized carbons (Fsp3) is 0.200. The quantitative estimate of drug-likeness (QED) is 0.656. The minimum absolute atomic E-state index is 1.32. The van der Waals surface area contributed by atoms with Gasteiger partial charge in [0.05, 0.1) is 0 Å². The molecule has 0 N–H and O–H groups in total. The van der Waals surface area contributed by atoms with Gasteiger partial charge in [0, 0.05) is 3.57 Å². The van der Waals surface area contributed by atoms with Gasteiger partial charge in [-0.15, -0.1) is 0 Å².